The van der Waals surface area contributed by atoms with E-state index < -0.39 is 0 Å². The Morgan fingerprint density at radius 1 is 1.09 bits per heavy atom. The molecule has 7 heteroatoms. The number of halogens is 2. The van der Waals surface area contributed by atoms with Crippen LogP contribution in [0.5, 0.6) is 0 Å². The fourth-order valence-electron chi connectivity index (χ4n) is 1.72. The molecule has 0 unspecified atom stereocenters. The third-order valence-electron chi connectivity index (χ3n) is 2.74. The summed E-state index contributed by atoms with van der Waals surface area (Å²) in [6.07, 6.45) is 0. The van der Waals surface area contributed by atoms with Crippen molar-refractivity contribution < 1.29 is 0 Å². The zero-order valence-electron chi connectivity index (χ0n) is 11.3. The maximum atomic E-state index is 8.75. The summed E-state index contributed by atoms with van der Waals surface area (Å²) in [5, 5.41) is 20.8. The van der Waals surface area contributed by atoms with E-state index in [1.54, 1.807) is 24.3 Å². The lowest BCUT2D eigenvalue weighted by Gasteiger charge is -2.06. The van der Waals surface area contributed by atoms with Gasteiger partial charge in [0.2, 0.25) is 5.71 Å². The van der Waals surface area contributed by atoms with Crippen molar-refractivity contribution in [2.45, 2.75) is 0 Å². The van der Waals surface area contributed by atoms with Crippen LogP contribution in [0.15, 0.2) is 47.6 Å². The van der Waals surface area contributed by atoms with Gasteiger partial charge in [-0.1, -0.05) is 35.3 Å². The standard InChI is InChI=1S/C15H11Cl2N5/c16-11-5-10(6-12(17)7-11)9-1-3-13(4-2-9)21-22-14(8-18)15(19)20/h1-7,21H,(H3,19,20)/b22-14+. The van der Waals surface area contributed by atoms with Gasteiger partial charge in [0.15, 0.2) is 5.84 Å². The lowest BCUT2D eigenvalue weighted by atomic mass is 10.1. The van der Waals surface area contributed by atoms with E-state index in [1.165, 1.54) is 0 Å². The molecule has 0 fully saturated rings. The summed E-state index contributed by atoms with van der Waals surface area (Å²) in [7, 11) is 0. The van der Waals surface area contributed by atoms with Gasteiger partial charge in [0.1, 0.15) is 6.07 Å². The van der Waals surface area contributed by atoms with E-state index in [0.717, 1.165) is 11.1 Å². The van der Waals surface area contributed by atoms with Gasteiger partial charge in [-0.25, -0.2) is 0 Å². The molecular weight excluding hydrogens is 321 g/mol. The van der Waals surface area contributed by atoms with Gasteiger partial charge in [0.25, 0.3) is 0 Å². The second kappa shape index (κ2) is 6.94. The number of hydrogen-bond donors (Lipinski definition) is 3. The van der Waals surface area contributed by atoms with Crippen molar-refractivity contribution in [1.82, 2.24) is 0 Å². The van der Waals surface area contributed by atoms with Gasteiger partial charge in [0, 0.05) is 10.0 Å². The Hall–Kier alpha value is -2.55. The third kappa shape index (κ3) is 3.98. The molecule has 0 saturated heterocycles. The molecule has 2 aromatic rings. The zero-order valence-corrected chi connectivity index (χ0v) is 12.8. The molecule has 0 atom stereocenters. The highest BCUT2D eigenvalue weighted by Crippen LogP contribution is 2.28. The molecule has 0 amide bonds. The molecule has 5 nitrogen and oxygen atoms in total. The fourth-order valence-corrected chi connectivity index (χ4v) is 2.25. The number of nitrogens with two attached hydrogens (primary N) is 1. The minimum atomic E-state index is -0.389. The molecule has 110 valence electrons. The normalized spacial score (nSPS) is 10.9. The molecular formula is C15H11Cl2N5. The first-order chi connectivity index (χ1) is 10.5. The lowest BCUT2D eigenvalue weighted by molar-refractivity contribution is 1.33. The van der Waals surface area contributed by atoms with Crippen LogP contribution in [0.2, 0.25) is 10.0 Å². The van der Waals surface area contributed by atoms with Crippen LogP contribution in [0.1, 0.15) is 0 Å². The monoisotopic (exact) mass is 331 g/mol. The Kier molecular flexibility index (Phi) is 4.99. The number of hydrazone groups is 1. The summed E-state index contributed by atoms with van der Waals surface area (Å²) < 4.78 is 0. The maximum Gasteiger partial charge on any atom is 0.201 e. The number of rotatable bonds is 4. The zero-order chi connectivity index (χ0) is 16.1. The molecule has 0 aliphatic heterocycles. The highest BCUT2D eigenvalue weighted by molar-refractivity contribution is 6.45. The van der Waals surface area contributed by atoms with E-state index in [1.807, 2.05) is 24.3 Å². The van der Waals surface area contributed by atoms with Crippen LogP contribution in [0, 0.1) is 16.7 Å². The predicted molar refractivity (Wildman–Crippen MR) is 90.5 cm³/mol. The third-order valence-corrected chi connectivity index (χ3v) is 3.18. The van der Waals surface area contributed by atoms with Gasteiger partial charge in [-0.3, -0.25) is 10.8 Å². The van der Waals surface area contributed by atoms with Gasteiger partial charge in [-0.15, -0.1) is 0 Å². The molecule has 0 radical (unpaired) electrons. The summed E-state index contributed by atoms with van der Waals surface area (Å²) in [6, 6.07) is 14.3. The van der Waals surface area contributed by atoms with Crippen LogP contribution in [-0.4, -0.2) is 11.5 Å². The first kappa shape index (κ1) is 15.8. The van der Waals surface area contributed by atoms with Crippen molar-refractivity contribution in [3.63, 3.8) is 0 Å². The fraction of sp³-hybridized carbons (Fsp3) is 0. The molecule has 4 N–H and O–H groups in total. The van der Waals surface area contributed by atoms with Crippen molar-refractivity contribution >= 4 is 40.4 Å². The van der Waals surface area contributed by atoms with Crippen LogP contribution in [-0.2, 0) is 0 Å². The Morgan fingerprint density at radius 2 is 1.68 bits per heavy atom. The molecule has 0 aliphatic carbocycles. The average Bonchev–Trinajstić information content (AvgIpc) is 2.47. The number of anilines is 1. The minimum absolute atomic E-state index is 0.175. The SMILES string of the molecule is N#C/C(=N\Nc1ccc(-c2cc(Cl)cc(Cl)c2)cc1)C(=N)N. The van der Waals surface area contributed by atoms with Crippen LogP contribution in [0.4, 0.5) is 5.69 Å². The number of nitrogens with one attached hydrogen (secondary N) is 2. The molecule has 2 rings (SSSR count). The molecule has 0 aromatic heterocycles. The molecule has 2 aromatic carbocycles. The Balaban J connectivity index is 2.20. The van der Waals surface area contributed by atoms with Crippen molar-refractivity contribution in [2.75, 3.05) is 5.43 Å². The smallest absolute Gasteiger partial charge is 0.201 e. The summed E-state index contributed by atoms with van der Waals surface area (Å²) >= 11 is 12.0. The average molecular weight is 332 g/mol. The van der Waals surface area contributed by atoms with Crippen LogP contribution in [0.3, 0.4) is 0 Å². The number of nitriles is 1. The van der Waals surface area contributed by atoms with Crippen LogP contribution < -0.4 is 11.2 Å². The topological polar surface area (TPSA) is 98.0 Å². The second-order valence-electron chi connectivity index (χ2n) is 4.33. The number of nitrogens with zero attached hydrogens (tertiary/aromatic N) is 2. The number of hydrogen-bond acceptors (Lipinski definition) is 4. The van der Waals surface area contributed by atoms with Gasteiger partial charge in [-0.2, -0.15) is 10.4 Å². The van der Waals surface area contributed by atoms with E-state index in [-0.39, 0.29) is 11.5 Å². The predicted octanol–water partition coefficient (Wildman–Crippen LogP) is 3.89. The molecule has 0 aliphatic rings. The molecule has 0 spiro atoms. The Labute approximate surface area is 137 Å². The Bertz CT molecular complexity index is 755. The highest BCUT2D eigenvalue weighted by Gasteiger charge is 2.03. The second-order valence-corrected chi connectivity index (χ2v) is 5.21. The summed E-state index contributed by atoms with van der Waals surface area (Å²) in [4.78, 5) is 0. The van der Waals surface area contributed by atoms with E-state index in [9.17, 15) is 0 Å². The largest absolute Gasteiger partial charge is 0.382 e. The van der Waals surface area contributed by atoms with Gasteiger partial charge in [0.05, 0.1) is 5.69 Å². The lowest BCUT2D eigenvalue weighted by Crippen LogP contribution is -2.21. The number of amidine groups is 1. The minimum Gasteiger partial charge on any atom is -0.382 e. The maximum absolute atomic E-state index is 8.75. The molecule has 0 bridgehead atoms. The number of benzene rings is 2. The molecule has 22 heavy (non-hydrogen) atoms. The Morgan fingerprint density at radius 3 is 2.18 bits per heavy atom. The quantitative estimate of drug-likeness (QED) is 0.450. The van der Waals surface area contributed by atoms with Crippen molar-refractivity contribution in [1.29, 1.82) is 10.7 Å². The first-order valence-electron chi connectivity index (χ1n) is 6.14. The highest BCUT2D eigenvalue weighted by atomic mass is 35.5. The van der Waals surface area contributed by atoms with Crippen molar-refractivity contribution in [2.24, 2.45) is 10.8 Å². The first-order valence-corrected chi connectivity index (χ1v) is 6.90. The van der Waals surface area contributed by atoms with E-state index in [2.05, 4.69) is 10.5 Å². The van der Waals surface area contributed by atoms with Crippen LogP contribution >= 0.6 is 23.2 Å². The van der Waals surface area contributed by atoms with Gasteiger partial charge in [-0.05, 0) is 41.5 Å². The molecule has 0 saturated carbocycles. The summed E-state index contributed by atoms with van der Waals surface area (Å²) in [5.41, 5.74) is 10.2. The van der Waals surface area contributed by atoms with E-state index >= 15 is 0 Å². The summed E-state index contributed by atoms with van der Waals surface area (Å²) in [5.74, 6) is -0.389. The van der Waals surface area contributed by atoms with E-state index in [4.69, 9.17) is 39.6 Å². The van der Waals surface area contributed by atoms with Crippen LogP contribution in [0.25, 0.3) is 11.1 Å². The van der Waals surface area contributed by atoms with E-state index in [0.29, 0.717) is 15.7 Å². The van der Waals surface area contributed by atoms with Crippen molar-refractivity contribution in [3.05, 3.63) is 52.5 Å². The van der Waals surface area contributed by atoms with Gasteiger partial charge >= 0.3 is 0 Å². The van der Waals surface area contributed by atoms with Gasteiger partial charge < -0.3 is 5.73 Å². The van der Waals surface area contributed by atoms with Crippen molar-refractivity contribution in [3.8, 4) is 17.2 Å². The summed E-state index contributed by atoms with van der Waals surface area (Å²) in [6.45, 7) is 0. The molecule has 0 heterocycles.